The van der Waals surface area contributed by atoms with Crippen LogP contribution >= 0.6 is 15.9 Å². The maximum Gasteiger partial charge on any atom is 0.315 e. The third kappa shape index (κ3) is 1.55. The molecule has 1 fully saturated rings. The molecule has 0 aromatic heterocycles. The highest BCUT2D eigenvalue weighted by molar-refractivity contribution is 9.10. The first-order valence-corrected chi connectivity index (χ1v) is 4.99. The van der Waals surface area contributed by atoms with Crippen molar-refractivity contribution in [1.82, 2.24) is 10.6 Å². The van der Waals surface area contributed by atoms with Crippen LogP contribution in [0.5, 0.6) is 5.75 Å². The number of benzene rings is 1. The van der Waals surface area contributed by atoms with Gasteiger partial charge in [0.25, 0.3) is 0 Å². The molecule has 0 spiro atoms. The second-order valence-corrected chi connectivity index (χ2v) is 3.94. The van der Waals surface area contributed by atoms with E-state index in [-0.39, 0.29) is 17.8 Å². The molecule has 5 heteroatoms. The Labute approximate surface area is 89.4 Å². The first kappa shape index (κ1) is 9.33. The molecule has 0 bridgehead atoms. The molecule has 1 atom stereocenters. The van der Waals surface area contributed by atoms with Gasteiger partial charge in [0, 0.05) is 12.1 Å². The first-order chi connectivity index (χ1) is 6.68. The molecule has 1 aromatic rings. The van der Waals surface area contributed by atoms with Crippen molar-refractivity contribution in [2.75, 3.05) is 6.54 Å². The molecule has 2 rings (SSSR count). The van der Waals surface area contributed by atoms with E-state index in [1.54, 1.807) is 12.1 Å². The zero-order chi connectivity index (χ0) is 10.1. The number of hydrogen-bond donors (Lipinski definition) is 3. The molecular formula is C9H9BrN2O2. The number of phenolic OH excluding ortho intramolecular Hbond substituents is 1. The number of halogens is 1. The minimum Gasteiger partial charge on any atom is -0.506 e. The molecule has 1 heterocycles. The molecule has 14 heavy (non-hydrogen) atoms. The van der Waals surface area contributed by atoms with Crippen LogP contribution in [0.2, 0.25) is 0 Å². The van der Waals surface area contributed by atoms with E-state index < -0.39 is 0 Å². The number of carbonyl (C=O) groups is 1. The largest absolute Gasteiger partial charge is 0.506 e. The number of hydrogen-bond acceptors (Lipinski definition) is 2. The van der Waals surface area contributed by atoms with E-state index in [2.05, 4.69) is 26.6 Å². The van der Waals surface area contributed by atoms with E-state index >= 15 is 0 Å². The molecule has 1 aliphatic rings. The second kappa shape index (κ2) is 3.49. The van der Waals surface area contributed by atoms with Crippen molar-refractivity contribution in [2.45, 2.75) is 6.04 Å². The highest BCUT2D eigenvalue weighted by Crippen LogP contribution is 2.32. The zero-order valence-electron chi connectivity index (χ0n) is 7.25. The summed E-state index contributed by atoms with van der Waals surface area (Å²) in [6, 6.07) is 5.01. The van der Waals surface area contributed by atoms with Crippen LogP contribution in [0.15, 0.2) is 22.7 Å². The fourth-order valence-corrected chi connectivity index (χ4v) is 1.84. The van der Waals surface area contributed by atoms with Crippen LogP contribution in [0, 0.1) is 0 Å². The standard InChI is InChI=1S/C9H9BrN2O2/c10-6-3-1-2-5(8(6)13)7-4-11-9(14)12-7/h1-3,7,13H,4H2,(H2,11,12,14)/t7-/m1/s1. The Kier molecular flexibility index (Phi) is 2.33. The van der Waals surface area contributed by atoms with Crippen LogP contribution in [0.1, 0.15) is 11.6 Å². The van der Waals surface area contributed by atoms with E-state index in [4.69, 9.17) is 0 Å². The Morgan fingerprint density at radius 2 is 2.29 bits per heavy atom. The van der Waals surface area contributed by atoms with E-state index in [1.807, 2.05) is 6.07 Å². The minimum absolute atomic E-state index is 0.153. The average Bonchev–Trinajstić information content (AvgIpc) is 2.57. The van der Waals surface area contributed by atoms with Gasteiger partial charge in [0.05, 0.1) is 10.5 Å². The Bertz CT molecular complexity index is 381. The number of amides is 2. The number of aromatic hydroxyl groups is 1. The smallest absolute Gasteiger partial charge is 0.315 e. The van der Waals surface area contributed by atoms with Crippen LogP contribution in [0.4, 0.5) is 4.79 Å². The van der Waals surface area contributed by atoms with Crippen LogP contribution in [0.3, 0.4) is 0 Å². The lowest BCUT2D eigenvalue weighted by molar-refractivity contribution is 0.247. The number of rotatable bonds is 1. The molecule has 1 aliphatic heterocycles. The molecular weight excluding hydrogens is 248 g/mol. The number of para-hydroxylation sites is 1. The SMILES string of the molecule is O=C1NC[C@H](c2cccc(Br)c2O)N1. The maximum atomic E-state index is 10.9. The second-order valence-electron chi connectivity index (χ2n) is 3.08. The number of phenols is 1. The fourth-order valence-electron chi connectivity index (χ4n) is 1.46. The van der Waals surface area contributed by atoms with Crippen molar-refractivity contribution in [2.24, 2.45) is 0 Å². The van der Waals surface area contributed by atoms with Crippen LogP contribution in [-0.4, -0.2) is 17.7 Å². The summed E-state index contributed by atoms with van der Waals surface area (Å²) in [5, 5.41) is 15.1. The predicted molar refractivity (Wildman–Crippen MR) is 55.1 cm³/mol. The molecule has 0 saturated carbocycles. The van der Waals surface area contributed by atoms with Crippen molar-refractivity contribution in [3.63, 3.8) is 0 Å². The van der Waals surface area contributed by atoms with Crippen molar-refractivity contribution in [3.8, 4) is 5.75 Å². The first-order valence-electron chi connectivity index (χ1n) is 4.20. The van der Waals surface area contributed by atoms with Crippen LogP contribution in [0.25, 0.3) is 0 Å². The van der Waals surface area contributed by atoms with Gasteiger partial charge in [-0.3, -0.25) is 0 Å². The summed E-state index contributed by atoms with van der Waals surface area (Å²) in [5.74, 6) is 0.182. The fraction of sp³-hybridized carbons (Fsp3) is 0.222. The van der Waals surface area contributed by atoms with Gasteiger partial charge in [-0.25, -0.2) is 4.79 Å². The number of carbonyl (C=O) groups excluding carboxylic acids is 1. The van der Waals surface area contributed by atoms with E-state index in [9.17, 15) is 9.90 Å². The lowest BCUT2D eigenvalue weighted by Gasteiger charge is -2.11. The molecule has 1 aromatic carbocycles. The third-order valence-electron chi connectivity index (χ3n) is 2.17. The lowest BCUT2D eigenvalue weighted by atomic mass is 10.1. The molecule has 74 valence electrons. The Morgan fingerprint density at radius 1 is 1.50 bits per heavy atom. The van der Waals surface area contributed by atoms with Gasteiger partial charge < -0.3 is 15.7 Å². The van der Waals surface area contributed by atoms with Gasteiger partial charge in [0.2, 0.25) is 0 Å². The summed E-state index contributed by atoms with van der Waals surface area (Å²) in [6.07, 6.45) is 0. The quantitative estimate of drug-likeness (QED) is 0.714. The van der Waals surface area contributed by atoms with Crippen molar-refractivity contribution >= 4 is 22.0 Å². The number of nitrogens with one attached hydrogen (secondary N) is 2. The van der Waals surface area contributed by atoms with Gasteiger partial charge in [0.1, 0.15) is 5.75 Å². The highest BCUT2D eigenvalue weighted by atomic mass is 79.9. The summed E-state index contributed by atoms with van der Waals surface area (Å²) in [6.45, 7) is 0.503. The van der Waals surface area contributed by atoms with E-state index in [0.29, 0.717) is 11.0 Å². The third-order valence-corrected chi connectivity index (χ3v) is 2.81. The van der Waals surface area contributed by atoms with Gasteiger partial charge in [-0.15, -0.1) is 0 Å². The monoisotopic (exact) mass is 256 g/mol. The summed E-state index contributed by atoms with van der Waals surface area (Å²) < 4.78 is 0.635. The Balaban J connectivity index is 2.32. The topological polar surface area (TPSA) is 61.4 Å². The molecule has 0 aliphatic carbocycles. The Morgan fingerprint density at radius 3 is 2.93 bits per heavy atom. The predicted octanol–water partition coefficient (Wildman–Crippen LogP) is 1.51. The minimum atomic E-state index is -0.200. The summed E-state index contributed by atoms with van der Waals surface area (Å²) in [7, 11) is 0. The summed E-state index contributed by atoms with van der Waals surface area (Å²) in [5.41, 5.74) is 0.720. The van der Waals surface area contributed by atoms with Crippen molar-refractivity contribution in [3.05, 3.63) is 28.2 Å². The van der Waals surface area contributed by atoms with Crippen molar-refractivity contribution in [1.29, 1.82) is 0 Å². The normalized spacial score (nSPS) is 20.4. The van der Waals surface area contributed by atoms with Gasteiger partial charge in [-0.1, -0.05) is 12.1 Å². The lowest BCUT2D eigenvalue weighted by Crippen LogP contribution is -2.21. The average molecular weight is 257 g/mol. The van der Waals surface area contributed by atoms with Crippen molar-refractivity contribution < 1.29 is 9.90 Å². The molecule has 4 nitrogen and oxygen atoms in total. The zero-order valence-corrected chi connectivity index (χ0v) is 8.84. The summed E-state index contributed by atoms with van der Waals surface area (Å²) in [4.78, 5) is 10.9. The highest BCUT2D eigenvalue weighted by Gasteiger charge is 2.24. The van der Waals surface area contributed by atoms with E-state index in [1.165, 1.54) is 0 Å². The van der Waals surface area contributed by atoms with Gasteiger partial charge in [-0.2, -0.15) is 0 Å². The molecule has 1 saturated heterocycles. The summed E-state index contributed by atoms with van der Waals surface area (Å²) >= 11 is 3.23. The van der Waals surface area contributed by atoms with Gasteiger partial charge >= 0.3 is 6.03 Å². The van der Waals surface area contributed by atoms with E-state index in [0.717, 1.165) is 5.56 Å². The van der Waals surface area contributed by atoms with Gasteiger partial charge in [0.15, 0.2) is 0 Å². The van der Waals surface area contributed by atoms with Crippen LogP contribution in [-0.2, 0) is 0 Å². The molecule has 0 radical (unpaired) electrons. The Hall–Kier alpha value is -1.23. The van der Waals surface area contributed by atoms with Crippen LogP contribution < -0.4 is 10.6 Å². The van der Waals surface area contributed by atoms with Gasteiger partial charge in [-0.05, 0) is 22.0 Å². The molecule has 0 unspecified atom stereocenters. The molecule has 2 amide bonds. The molecule has 3 N–H and O–H groups in total. The maximum absolute atomic E-state index is 10.9. The number of urea groups is 1.